The summed E-state index contributed by atoms with van der Waals surface area (Å²) < 4.78 is 0. The number of fused-ring (bicyclic) bond motifs is 1. The third-order valence-electron chi connectivity index (χ3n) is 5.63. The van der Waals surface area contributed by atoms with Crippen molar-refractivity contribution in [1.82, 2.24) is 10.3 Å². The number of hydrogen-bond acceptors (Lipinski definition) is 2. The number of Topliss-reactive ketones (excluding diaryl/α,β-unsaturated/α-hetero) is 1. The minimum Gasteiger partial charge on any atom is -0.361 e. The molecule has 1 heterocycles. The topological polar surface area (TPSA) is 62.0 Å². The maximum Gasteiger partial charge on any atom is 0.225 e. The van der Waals surface area contributed by atoms with E-state index in [1.807, 2.05) is 58.2 Å². The SMILES string of the molecule is CC[C@H](C)[C@H](NC(=O)Cc1c[nH]c2ccc(-c3ccccc3)cc12)C(=O)C(C)C. The summed E-state index contributed by atoms with van der Waals surface area (Å²) in [6, 6.07) is 16.0. The zero-order valence-electron chi connectivity index (χ0n) is 17.7. The summed E-state index contributed by atoms with van der Waals surface area (Å²) in [5.41, 5.74) is 4.21. The first-order valence-electron chi connectivity index (χ1n) is 10.4. The Morgan fingerprint density at radius 3 is 2.38 bits per heavy atom. The number of hydrogen-bond donors (Lipinski definition) is 2. The van der Waals surface area contributed by atoms with Crippen molar-refractivity contribution in [1.29, 1.82) is 0 Å². The second kappa shape index (κ2) is 9.08. The monoisotopic (exact) mass is 390 g/mol. The van der Waals surface area contributed by atoms with Crippen molar-refractivity contribution < 1.29 is 9.59 Å². The van der Waals surface area contributed by atoms with Crippen LogP contribution in [0.25, 0.3) is 22.0 Å². The van der Waals surface area contributed by atoms with Crippen molar-refractivity contribution >= 4 is 22.6 Å². The van der Waals surface area contributed by atoms with Gasteiger partial charge in [-0.2, -0.15) is 0 Å². The van der Waals surface area contributed by atoms with Gasteiger partial charge in [0, 0.05) is 23.0 Å². The fraction of sp³-hybridized carbons (Fsp3) is 0.360. The van der Waals surface area contributed by atoms with Crippen molar-refractivity contribution in [3.63, 3.8) is 0 Å². The molecule has 0 unspecified atom stereocenters. The third-order valence-corrected chi connectivity index (χ3v) is 5.63. The summed E-state index contributed by atoms with van der Waals surface area (Å²) in [4.78, 5) is 28.6. The highest BCUT2D eigenvalue weighted by Crippen LogP contribution is 2.26. The Labute approximate surface area is 172 Å². The molecule has 1 aromatic heterocycles. The molecule has 3 rings (SSSR count). The molecule has 2 atom stereocenters. The van der Waals surface area contributed by atoms with Crippen LogP contribution >= 0.6 is 0 Å². The lowest BCUT2D eigenvalue weighted by molar-refractivity contribution is -0.130. The lowest BCUT2D eigenvalue weighted by Crippen LogP contribution is -2.47. The predicted molar refractivity (Wildman–Crippen MR) is 119 cm³/mol. The molecule has 29 heavy (non-hydrogen) atoms. The molecule has 1 amide bonds. The van der Waals surface area contributed by atoms with Crippen LogP contribution in [0.5, 0.6) is 0 Å². The summed E-state index contributed by atoms with van der Waals surface area (Å²) in [5, 5.41) is 4.03. The molecule has 2 N–H and O–H groups in total. The fourth-order valence-corrected chi connectivity index (χ4v) is 3.62. The average Bonchev–Trinajstić information content (AvgIpc) is 3.13. The first kappa shape index (κ1) is 20.8. The third kappa shape index (κ3) is 4.76. The quantitative estimate of drug-likeness (QED) is 0.560. The molecule has 0 spiro atoms. The van der Waals surface area contributed by atoms with E-state index in [0.29, 0.717) is 0 Å². The van der Waals surface area contributed by atoms with Crippen LogP contribution < -0.4 is 5.32 Å². The smallest absolute Gasteiger partial charge is 0.225 e. The molecular formula is C25H30N2O2. The summed E-state index contributed by atoms with van der Waals surface area (Å²) in [5.74, 6) is -0.00868. The van der Waals surface area contributed by atoms with Crippen molar-refractivity contribution in [2.24, 2.45) is 11.8 Å². The number of aromatic amines is 1. The van der Waals surface area contributed by atoms with E-state index < -0.39 is 6.04 Å². The van der Waals surface area contributed by atoms with Crippen LogP contribution in [0.4, 0.5) is 0 Å². The summed E-state index contributed by atoms with van der Waals surface area (Å²) in [7, 11) is 0. The van der Waals surface area contributed by atoms with Gasteiger partial charge in [0.15, 0.2) is 5.78 Å². The Hall–Kier alpha value is -2.88. The number of benzene rings is 2. The highest BCUT2D eigenvalue weighted by Gasteiger charge is 2.27. The molecule has 4 nitrogen and oxygen atoms in total. The van der Waals surface area contributed by atoms with E-state index in [1.165, 1.54) is 0 Å². The number of carbonyl (C=O) groups excluding carboxylic acids is 2. The van der Waals surface area contributed by atoms with Crippen LogP contribution in [0.15, 0.2) is 54.7 Å². The normalized spacial score (nSPS) is 13.4. The fourth-order valence-electron chi connectivity index (χ4n) is 3.62. The van der Waals surface area contributed by atoms with Gasteiger partial charge in [-0.05, 0) is 34.7 Å². The number of aromatic nitrogens is 1. The molecule has 4 heteroatoms. The van der Waals surface area contributed by atoms with Gasteiger partial charge in [-0.3, -0.25) is 9.59 Å². The number of ketones is 1. The maximum atomic E-state index is 12.8. The molecule has 2 aromatic carbocycles. The average molecular weight is 391 g/mol. The first-order chi connectivity index (χ1) is 13.9. The van der Waals surface area contributed by atoms with E-state index in [-0.39, 0.29) is 29.9 Å². The van der Waals surface area contributed by atoms with E-state index in [2.05, 4.69) is 34.6 Å². The van der Waals surface area contributed by atoms with Gasteiger partial charge in [-0.25, -0.2) is 0 Å². The van der Waals surface area contributed by atoms with E-state index in [1.54, 1.807) is 0 Å². The zero-order chi connectivity index (χ0) is 21.0. The summed E-state index contributed by atoms with van der Waals surface area (Å²) in [6.07, 6.45) is 2.98. The van der Waals surface area contributed by atoms with Gasteiger partial charge >= 0.3 is 0 Å². The predicted octanol–water partition coefficient (Wildman–Crippen LogP) is 5.13. The summed E-state index contributed by atoms with van der Waals surface area (Å²) >= 11 is 0. The molecular weight excluding hydrogens is 360 g/mol. The number of carbonyl (C=O) groups is 2. The highest BCUT2D eigenvalue weighted by molar-refractivity contribution is 5.94. The molecule has 0 saturated heterocycles. The van der Waals surface area contributed by atoms with Gasteiger partial charge in [0.1, 0.15) is 0 Å². The Balaban J connectivity index is 1.82. The molecule has 0 aliphatic carbocycles. The number of nitrogens with one attached hydrogen (secondary N) is 2. The molecule has 3 aromatic rings. The van der Waals surface area contributed by atoms with Crippen LogP contribution in [-0.2, 0) is 16.0 Å². The van der Waals surface area contributed by atoms with Crippen molar-refractivity contribution in [3.05, 3.63) is 60.3 Å². The van der Waals surface area contributed by atoms with E-state index in [9.17, 15) is 9.59 Å². The van der Waals surface area contributed by atoms with E-state index in [4.69, 9.17) is 0 Å². The van der Waals surface area contributed by atoms with Gasteiger partial charge < -0.3 is 10.3 Å². The molecule has 0 saturated carbocycles. The van der Waals surface area contributed by atoms with Crippen LogP contribution in [0.1, 0.15) is 39.7 Å². The molecule has 0 aliphatic heterocycles. The van der Waals surface area contributed by atoms with Gasteiger partial charge in [-0.15, -0.1) is 0 Å². The second-order valence-electron chi connectivity index (χ2n) is 8.10. The van der Waals surface area contributed by atoms with Gasteiger partial charge in [0.2, 0.25) is 5.91 Å². The number of rotatable bonds is 8. The van der Waals surface area contributed by atoms with Crippen LogP contribution in [0, 0.1) is 11.8 Å². The first-order valence-corrected chi connectivity index (χ1v) is 10.4. The van der Waals surface area contributed by atoms with Crippen LogP contribution in [0.2, 0.25) is 0 Å². The largest absolute Gasteiger partial charge is 0.361 e. The highest BCUT2D eigenvalue weighted by atomic mass is 16.2. The Morgan fingerprint density at radius 2 is 1.72 bits per heavy atom. The lowest BCUT2D eigenvalue weighted by atomic mass is 9.90. The van der Waals surface area contributed by atoms with Gasteiger partial charge in [0.25, 0.3) is 0 Å². The molecule has 0 aliphatic rings. The van der Waals surface area contributed by atoms with E-state index >= 15 is 0 Å². The summed E-state index contributed by atoms with van der Waals surface area (Å²) in [6.45, 7) is 7.83. The van der Waals surface area contributed by atoms with Crippen LogP contribution in [0.3, 0.4) is 0 Å². The van der Waals surface area contributed by atoms with Gasteiger partial charge in [-0.1, -0.05) is 70.5 Å². The Bertz CT molecular complexity index is 988. The molecule has 0 bridgehead atoms. The standard InChI is InChI=1S/C25H30N2O2/c1-5-17(4)24(25(29)16(2)3)27-23(28)14-20-15-26-22-12-11-19(13-21(20)22)18-9-7-6-8-10-18/h6-13,15-17,24,26H,5,14H2,1-4H3,(H,27,28)/t17-,24-/m0/s1. The molecule has 0 fully saturated rings. The number of H-pyrrole nitrogens is 1. The van der Waals surface area contributed by atoms with Crippen molar-refractivity contribution in [2.75, 3.05) is 0 Å². The minimum absolute atomic E-state index is 0.0954. The van der Waals surface area contributed by atoms with E-state index in [0.717, 1.165) is 34.0 Å². The maximum absolute atomic E-state index is 12.8. The van der Waals surface area contributed by atoms with Gasteiger partial charge in [0.05, 0.1) is 12.5 Å². The Morgan fingerprint density at radius 1 is 1.00 bits per heavy atom. The Kier molecular flexibility index (Phi) is 6.53. The zero-order valence-corrected chi connectivity index (χ0v) is 17.7. The van der Waals surface area contributed by atoms with Crippen LogP contribution in [-0.4, -0.2) is 22.7 Å². The molecule has 0 radical (unpaired) electrons. The van der Waals surface area contributed by atoms with Crippen molar-refractivity contribution in [3.8, 4) is 11.1 Å². The minimum atomic E-state index is -0.433. The molecule has 152 valence electrons. The lowest BCUT2D eigenvalue weighted by Gasteiger charge is -2.24. The number of amides is 1. The second-order valence-corrected chi connectivity index (χ2v) is 8.10. The van der Waals surface area contributed by atoms with Crippen molar-refractivity contribution in [2.45, 2.75) is 46.6 Å².